The molecular formula is C19H23N5O2. The largest absolute Gasteiger partial charge is 0.369 e. The highest BCUT2D eigenvalue weighted by Gasteiger charge is 2.42. The minimum absolute atomic E-state index is 0.0204. The Kier molecular flexibility index (Phi) is 4.55. The van der Waals surface area contributed by atoms with Crippen LogP contribution in [0.2, 0.25) is 0 Å². The van der Waals surface area contributed by atoms with Gasteiger partial charge in [0.1, 0.15) is 17.1 Å². The molecule has 7 heteroatoms. The van der Waals surface area contributed by atoms with E-state index >= 15 is 0 Å². The van der Waals surface area contributed by atoms with Crippen LogP contribution in [0.5, 0.6) is 0 Å². The van der Waals surface area contributed by atoms with Crippen molar-refractivity contribution in [1.29, 1.82) is 0 Å². The third kappa shape index (κ3) is 3.39. The molecule has 0 radical (unpaired) electrons. The molecule has 7 nitrogen and oxygen atoms in total. The number of ether oxygens (including phenoxy) is 1. The van der Waals surface area contributed by atoms with E-state index in [1.54, 1.807) is 24.7 Å². The highest BCUT2D eigenvalue weighted by Crippen LogP contribution is 2.31. The summed E-state index contributed by atoms with van der Waals surface area (Å²) >= 11 is 0. The SMILES string of the molecule is Cc1cccc(C(=O)N2CCOC3(CCCN(c4cnccn4)C3)C2)n1. The Labute approximate surface area is 153 Å². The summed E-state index contributed by atoms with van der Waals surface area (Å²) in [6.07, 6.45) is 7.10. The van der Waals surface area contributed by atoms with Crippen LogP contribution in [0.4, 0.5) is 5.82 Å². The van der Waals surface area contributed by atoms with Gasteiger partial charge in [-0.25, -0.2) is 9.97 Å². The zero-order chi connectivity index (χ0) is 18.0. The molecule has 26 heavy (non-hydrogen) atoms. The predicted octanol–water partition coefficient (Wildman–Crippen LogP) is 1.69. The van der Waals surface area contributed by atoms with E-state index in [9.17, 15) is 4.79 Å². The Morgan fingerprint density at radius 3 is 2.96 bits per heavy atom. The van der Waals surface area contributed by atoms with Crippen molar-refractivity contribution in [2.24, 2.45) is 0 Å². The lowest BCUT2D eigenvalue weighted by molar-refractivity contribution is -0.105. The molecule has 1 spiro atoms. The van der Waals surface area contributed by atoms with Crippen LogP contribution in [0.1, 0.15) is 29.0 Å². The molecule has 1 amide bonds. The summed E-state index contributed by atoms with van der Waals surface area (Å²) in [5.74, 6) is 0.840. The number of anilines is 1. The number of piperidine rings is 1. The van der Waals surface area contributed by atoms with Gasteiger partial charge in [0.05, 0.1) is 25.9 Å². The maximum absolute atomic E-state index is 12.9. The van der Waals surface area contributed by atoms with Crippen LogP contribution in [0.3, 0.4) is 0 Å². The second-order valence-corrected chi connectivity index (χ2v) is 7.01. The minimum Gasteiger partial charge on any atom is -0.369 e. The lowest BCUT2D eigenvalue weighted by atomic mass is 9.90. The third-order valence-corrected chi connectivity index (χ3v) is 5.06. The number of nitrogens with zero attached hydrogens (tertiary/aromatic N) is 5. The van der Waals surface area contributed by atoms with Gasteiger partial charge in [-0.3, -0.25) is 9.78 Å². The zero-order valence-corrected chi connectivity index (χ0v) is 15.0. The smallest absolute Gasteiger partial charge is 0.272 e. The molecule has 4 rings (SSSR count). The van der Waals surface area contributed by atoms with Crippen LogP contribution in [0.25, 0.3) is 0 Å². The third-order valence-electron chi connectivity index (χ3n) is 5.06. The predicted molar refractivity (Wildman–Crippen MR) is 97.0 cm³/mol. The van der Waals surface area contributed by atoms with Gasteiger partial charge in [-0.05, 0) is 31.9 Å². The molecule has 1 unspecified atom stereocenters. The summed E-state index contributed by atoms with van der Waals surface area (Å²) in [5.41, 5.74) is 1.00. The summed E-state index contributed by atoms with van der Waals surface area (Å²) in [7, 11) is 0. The first-order valence-electron chi connectivity index (χ1n) is 9.03. The Morgan fingerprint density at radius 2 is 2.15 bits per heavy atom. The van der Waals surface area contributed by atoms with Gasteiger partial charge in [0.25, 0.3) is 5.91 Å². The molecule has 0 aromatic carbocycles. The first-order valence-corrected chi connectivity index (χ1v) is 9.03. The van der Waals surface area contributed by atoms with Crippen LogP contribution in [-0.4, -0.2) is 64.1 Å². The van der Waals surface area contributed by atoms with E-state index in [-0.39, 0.29) is 11.5 Å². The number of hydrogen-bond acceptors (Lipinski definition) is 6. The number of pyridine rings is 1. The van der Waals surface area contributed by atoms with E-state index in [0.717, 1.165) is 37.4 Å². The Bertz CT molecular complexity index is 781. The second kappa shape index (κ2) is 6.99. The number of carbonyl (C=O) groups excluding carboxylic acids is 1. The quantitative estimate of drug-likeness (QED) is 0.818. The van der Waals surface area contributed by atoms with Crippen molar-refractivity contribution in [2.45, 2.75) is 25.4 Å². The van der Waals surface area contributed by atoms with E-state index in [1.165, 1.54) is 0 Å². The topological polar surface area (TPSA) is 71.5 Å². The van der Waals surface area contributed by atoms with Crippen LogP contribution in [0.15, 0.2) is 36.8 Å². The standard InChI is InChI=1S/C19H23N5O2/c1-15-4-2-5-16(22-15)18(25)24-10-11-26-19(14-24)6-3-9-23(13-19)17-12-20-7-8-21-17/h2,4-5,7-8,12H,3,6,9-11,13-14H2,1H3. The van der Waals surface area contributed by atoms with E-state index in [4.69, 9.17) is 4.74 Å². The first kappa shape index (κ1) is 16.9. The van der Waals surface area contributed by atoms with E-state index < -0.39 is 0 Å². The van der Waals surface area contributed by atoms with Gasteiger partial charge in [-0.1, -0.05) is 6.07 Å². The fraction of sp³-hybridized carbons (Fsp3) is 0.474. The molecule has 2 aromatic heterocycles. The summed E-state index contributed by atoms with van der Waals surface area (Å²) < 4.78 is 6.19. The average molecular weight is 353 g/mol. The second-order valence-electron chi connectivity index (χ2n) is 7.01. The number of carbonyl (C=O) groups is 1. The molecule has 1 atom stereocenters. The molecular weight excluding hydrogens is 330 g/mol. The van der Waals surface area contributed by atoms with Crippen LogP contribution in [0, 0.1) is 6.92 Å². The number of hydrogen-bond donors (Lipinski definition) is 0. The monoisotopic (exact) mass is 353 g/mol. The highest BCUT2D eigenvalue weighted by atomic mass is 16.5. The zero-order valence-electron chi connectivity index (χ0n) is 15.0. The van der Waals surface area contributed by atoms with Gasteiger partial charge in [-0.15, -0.1) is 0 Å². The van der Waals surface area contributed by atoms with Crippen molar-refractivity contribution in [2.75, 3.05) is 37.7 Å². The number of aryl methyl sites for hydroxylation is 1. The number of rotatable bonds is 2. The summed E-state index contributed by atoms with van der Waals surface area (Å²) in [4.78, 5) is 29.9. The van der Waals surface area contributed by atoms with E-state index in [1.807, 2.05) is 24.0 Å². The van der Waals surface area contributed by atoms with Crippen LogP contribution >= 0.6 is 0 Å². The van der Waals surface area contributed by atoms with Gasteiger partial charge in [-0.2, -0.15) is 0 Å². The van der Waals surface area contributed by atoms with Crippen molar-refractivity contribution >= 4 is 11.7 Å². The molecule has 2 fully saturated rings. The molecule has 2 aliphatic heterocycles. The van der Waals surface area contributed by atoms with Crippen molar-refractivity contribution in [3.63, 3.8) is 0 Å². The van der Waals surface area contributed by atoms with Gasteiger partial charge < -0.3 is 14.5 Å². The summed E-state index contributed by atoms with van der Waals surface area (Å²) in [5, 5.41) is 0. The maximum Gasteiger partial charge on any atom is 0.272 e. The molecule has 0 bridgehead atoms. The van der Waals surface area contributed by atoms with Gasteiger partial charge in [0.2, 0.25) is 0 Å². The number of amides is 1. The van der Waals surface area contributed by atoms with Crippen molar-refractivity contribution < 1.29 is 9.53 Å². The molecule has 0 N–H and O–H groups in total. The van der Waals surface area contributed by atoms with Crippen molar-refractivity contribution in [3.05, 3.63) is 48.2 Å². The lowest BCUT2D eigenvalue weighted by Gasteiger charge is -2.48. The van der Waals surface area contributed by atoms with Crippen molar-refractivity contribution in [3.8, 4) is 0 Å². The highest BCUT2D eigenvalue weighted by molar-refractivity contribution is 5.92. The molecule has 2 aliphatic rings. The van der Waals surface area contributed by atoms with E-state index in [2.05, 4.69) is 19.9 Å². The van der Waals surface area contributed by atoms with Gasteiger partial charge >= 0.3 is 0 Å². The van der Waals surface area contributed by atoms with Crippen LogP contribution in [-0.2, 0) is 4.74 Å². The first-order chi connectivity index (χ1) is 12.7. The fourth-order valence-corrected chi connectivity index (χ4v) is 3.84. The fourth-order valence-electron chi connectivity index (χ4n) is 3.84. The maximum atomic E-state index is 12.9. The Morgan fingerprint density at radius 1 is 1.23 bits per heavy atom. The normalized spacial score (nSPS) is 23.3. The molecule has 136 valence electrons. The molecule has 0 saturated carbocycles. The van der Waals surface area contributed by atoms with Gasteiger partial charge in [0.15, 0.2) is 0 Å². The van der Waals surface area contributed by atoms with Gasteiger partial charge in [0, 0.05) is 31.2 Å². The van der Waals surface area contributed by atoms with Crippen LogP contribution < -0.4 is 4.90 Å². The van der Waals surface area contributed by atoms with Crippen molar-refractivity contribution in [1.82, 2.24) is 19.9 Å². The average Bonchev–Trinajstić information content (AvgIpc) is 2.68. The Hall–Kier alpha value is -2.54. The Balaban J connectivity index is 1.51. The summed E-state index contributed by atoms with van der Waals surface area (Å²) in [6, 6.07) is 5.56. The summed E-state index contributed by atoms with van der Waals surface area (Å²) in [6.45, 7) is 5.27. The minimum atomic E-state index is -0.354. The molecule has 4 heterocycles. The lowest BCUT2D eigenvalue weighted by Crippen LogP contribution is -2.61. The molecule has 0 aliphatic carbocycles. The molecule has 2 aromatic rings. The van der Waals surface area contributed by atoms with E-state index in [0.29, 0.717) is 25.4 Å². The molecule has 2 saturated heterocycles. The number of aromatic nitrogens is 3. The number of morpholine rings is 1.